The number of alkyl halides is 2. The average Bonchev–Trinajstić information content (AvgIpc) is 2.09. The van der Waals surface area contributed by atoms with Gasteiger partial charge in [-0.15, -0.1) is 0 Å². The van der Waals surface area contributed by atoms with Crippen LogP contribution in [0.15, 0.2) is 6.07 Å². The smallest absolute Gasteiger partial charge is 0.280 e. The van der Waals surface area contributed by atoms with Gasteiger partial charge in [0.05, 0.1) is 12.3 Å². The molecule has 1 aromatic rings. The number of nitrogens with zero attached hydrogens (tertiary/aromatic N) is 1. The summed E-state index contributed by atoms with van der Waals surface area (Å²) in [4.78, 5) is 3.34. The highest BCUT2D eigenvalue weighted by atomic mass is 19.3. The summed E-state index contributed by atoms with van der Waals surface area (Å²) in [7, 11) is 0. The van der Waals surface area contributed by atoms with Crippen molar-refractivity contribution < 1.29 is 18.3 Å². The summed E-state index contributed by atoms with van der Waals surface area (Å²) in [6, 6.07) is 0.868. The van der Waals surface area contributed by atoms with Crippen LogP contribution in [0.1, 0.15) is 23.4 Å². The lowest BCUT2D eigenvalue weighted by molar-refractivity contribution is 0.145. The lowest BCUT2D eigenvalue weighted by Crippen LogP contribution is -2.01. The molecule has 0 radical (unpaired) electrons. The molecule has 2 nitrogen and oxygen atoms in total. The van der Waals surface area contributed by atoms with Crippen LogP contribution in [0, 0.1) is 12.7 Å². The third-order valence-corrected chi connectivity index (χ3v) is 1.61. The molecule has 1 aromatic heterocycles. The number of aliphatic hydroxyl groups excluding tert-OH is 1. The van der Waals surface area contributed by atoms with Gasteiger partial charge in [-0.2, -0.15) is 0 Å². The molecule has 72 valence electrons. The fourth-order valence-electron chi connectivity index (χ4n) is 0.976. The molecule has 0 saturated carbocycles. The number of hydrogen-bond donors (Lipinski definition) is 1. The summed E-state index contributed by atoms with van der Waals surface area (Å²) >= 11 is 0. The molecule has 1 N–H and O–H groups in total. The van der Waals surface area contributed by atoms with Gasteiger partial charge in [-0.05, 0) is 13.0 Å². The Morgan fingerprint density at radius 1 is 1.54 bits per heavy atom. The molecule has 1 heterocycles. The average molecular weight is 191 g/mol. The summed E-state index contributed by atoms with van der Waals surface area (Å²) < 4.78 is 37.2. The van der Waals surface area contributed by atoms with Gasteiger partial charge in [-0.3, -0.25) is 0 Å². The number of aromatic nitrogens is 1. The predicted octanol–water partition coefficient (Wildman–Crippen LogP) is 1.96. The zero-order valence-electron chi connectivity index (χ0n) is 6.89. The van der Waals surface area contributed by atoms with E-state index in [0.717, 1.165) is 6.07 Å². The number of aryl methyl sites for hydroxylation is 1. The van der Waals surface area contributed by atoms with Crippen molar-refractivity contribution in [3.05, 3.63) is 28.8 Å². The highest BCUT2D eigenvalue weighted by molar-refractivity contribution is 5.23. The molecule has 0 aromatic carbocycles. The van der Waals surface area contributed by atoms with Gasteiger partial charge >= 0.3 is 0 Å². The minimum Gasteiger partial charge on any atom is -0.392 e. The molecule has 0 atom stereocenters. The summed E-state index contributed by atoms with van der Waals surface area (Å²) in [5.41, 5.74) is -0.785. The largest absolute Gasteiger partial charge is 0.392 e. The van der Waals surface area contributed by atoms with E-state index in [2.05, 4.69) is 4.98 Å². The molecule has 5 heteroatoms. The van der Waals surface area contributed by atoms with E-state index in [9.17, 15) is 13.2 Å². The van der Waals surface area contributed by atoms with E-state index < -0.39 is 24.5 Å². The SMILES string of the molecule is Cc1nc(C(F)F)cc(CO)c1F. The Morgan fingerprint density at radius 3 is 2.62 bits per heavy atom. The van der Waals surface area contributed by atoms with Gasteiger partial charge < -0.3 is 5.11 Å². The first kappa shape index (κ1) is 9.98. The van der Waals surface area contributed by atoms with Crippen LogP contribution in [-0.4, -0.2) is 10.1 Å². The van der Waals surface area contributed by atoms with E-state index in [4.69, 9.17) is 5.11 Å². The van der Waals surface area contributed by atoms with Crippen molar-refractivity contribution in [3.63, 3.8) is 0 Å². The molecule has 0 amide bonds. The fraction of sp³-hybridized carbons (Fsp3) is 0.375. The van der Waals surface area contributed by atoms with E-state index in [1.54, 1.807) is 0 Å². The topological polar surface area (TPSA) is 33.1 Å². The van der Waals surface area contributed by atoms with Crippen molar-refractivity contribution in [3.8, 4) is 0 Å². The van der Waals surface area contributed by atoms with Gasteiger partial charge in [0.1, 0.15) is 11.5 Å². The zero-order valence-corrected chi connectivity index (χ0v) is 6.89. The maximum absolute atomic E-state index is 13.0. The van der Waals surface area contributed by atoms with Gasteiger partial charge in [-0.25, -0.2) is 18.2 Å². The van der Waals surface area contributed by atoms with E-state index >= 15 is 0 Å². The van der Waals surface area contributed by atoms with E-state index in [1.807, 2.05) is 0 Å². The summed E-state index contributed by atoms with van der Waals surface area (Å²) in [6.07, 6.45) is -2.75. The molecular weight excluding hydrogens is 183 g/mol. The molecule has 13 heavy (non-hydrogen) atoms. The first-order valence-corrected chi connectivity index (χ1v) is 3.61. The Hall–Kier alpha value is -1.10. The second kappa shape index (κ2) is 3.74. The van der Waals surface area contributed by atoms with Crippen molar-refractivity contribution in [2.75, 3.05) is 0 Å². The summed E-state index contributed by atoms with van der Waals surface area (Å²) in [5.74, 6) is -0.730. The Kier molecular flexibility index (Phi) is 2.87. The number of pyridine rings is 1. The van der Waals surface area contributed by atoms with Crippen LogP contribution in [0.25, 0.3) is 0 Å². The quantitative estimate of drug-likeness (QED) is 0.775. The van der Waals surface area contributed by atoms with Crippen LogP contribution in [0.2, 0.25) is 0 Å². The van der Waals surface area contributed by atoms with Crippen molar-refractivity contribution in [1.82, 2.24) is 4.98 Å². The maximum atomic E-state index is 13.0. The molecule has 0 aliphatic carbocycles. The first-order chi connectivity index (χ1) is 6.06. The van der Waals surface area contributed by atoms with Crippen LogP contribution >= 0.6 is 0 Å². The Labute approximate surface area is 73.0 Å². The fourth-order valence-corrected chi connectivity index (χ4v) is 0.976. The number of hydrogen-bond acceptors (Lipinski definition) is 2. The first-order valence-electron chi connectivity index (χ1n) is 3.61. The Morgan fingerprint density at radius 2 is 2.15 bits per heavy atom. The van der Waals surface area contributed by atoms with Crippen molar-refractivity contribution >= 4 is 0 Å². The van der Waals surface area contributed by atoms with Crippen LogP contribution in [0.3, 0.4) is 0 Å². The number of halogens is 3. The van der Waals surface area contributed by atoms with Gasteiger partial charge in [-0.1, -0.05) is 0 Å². The molecule has 0 spiro atoms. The second-order valence-corrected chi connectivity index (χ2v) is 2.56. The number of aliphatic hydroxyl groups is 1. The Bertz CT molecular complexity index is 315. The second-order valence-electron chi connectivity index (χ2n) is 2.56. The maximum Gasteiger partial charge on any atom is 0.280 e. The molecule has 0 fully saturated rings. The standard InChI is InChI=1S/C8H8F3NO/c1-4-7(9)5(3-13)2-6(12-4)8(10)11/h2,8,13H,3H2,1H3. The van der Waals surface area contributed by atoms with Gasteiger partial charge in [0.15, 0.2) is 0 Å². The van der Waals surface area contributed by atoms with Crippen molar-refractivity contribution in [1.29, 1.82) is 0 Å². The van der Waals surface area contributed by atoms with Gasteiger partial charge in [0.2, 0.25) is 0 Å². The van der Waals surface area contributed by atoms with Crippen LogP contribution in [0.4, 0.5) is 13.2 Å². The third-order valence-electron chi connectivity index (χ3n) is 1.61. The van der Waals surface area contributed by atoms with Crippen molar-refractivity contribution in [2.24, 2.45) is 0 Å². The normalized spacial score (nSPS) is 10.9. The predicted molar refractivity (Wildman–Crippen MR) is 39.8 cm³/mol. The zero-order chi connectivity index (χ0) is 10.0. The molecule has 0 aliphatic heterocycles. The van der Waals surface area contributed by atoms with Crippen molar-refractivity contribution in [2.45, 2.75) is 20.0 Å². The van der Waals surface area contributed by atoms with Crippen LogP contribution < -0.4 is 0 Å². The molecule has 0 aliphatic rings. The van der Waals surface area contributed by atoms with Gasteiger partial charge in [0, 0.05) is 5.56 Å². The number of rotatable bonds is 2. The lowest BCUT2D eigenvalue weighted by atomic mass is 10.2. The van der Waals surface area contributed by atoms with Crippen LogP contribution in [-0.2, 0) is 6.61 Å². The van der Waals surface area contributed by atoms with E-state index in [1.165, 1.54) is 6.92 Å². The summed E-state index contributed by atoms with van der Waals surface area (Å²) in [5, 5.41) is 8.64. The molecule has 0 bridgehead atoms. The van der Waals surface area contributed by atoms with E-state index in [0.29, 0.717) is 0 Å². The van der Waals surface area contributed by atoms with Crippen LogP contribution in [0.5, 0.6) is 0 Å². The Balaban J connectivity index is 3.22. The monoisotopic (exact) mass is 191 g/mol. The molecular formula is C8H8F3NO. The molecule has 1 rings (SSSR count). The lowest BCUT2D eigenvalue weighted by Gasteiger charge is -2.05. The van der Waals surface area contributed by atoms with Gasteiger partial charge in [0.25, 0.3) is 6.43 Å². The molecule has 0 unspecified atom stereocenters. The highest BCUT2D eigenvalue weighted by Gasteiger charge is 2.14. The third kappa shape index (κ3) is 1.98. The van der Waals surface area contributed by atoms with E-state index in [-0.39, 0.29) is 11.3 Å². The minimum absolute atomic E-state index is 0.123. The summed E-state index contributed by atoms with van der Waals surface area (Å²) in [6.45, 7) is 0.676. The highest BCUT2D eigenvalue weighted by Crippen LogP contribution is 2.20. The minimum atomic E-state index is -2.75. The molecule has 0 saturated heterocycles.